The van der Waals surface area contributed by atoms with Gasteiger partial charge in [0, 0.05) is 16.3 Å². The molecule has 1 aromatic heterocycles. The van der Waals surface area contributed by atoms with Crippen molar-refractivity contribution in [2.45, 2.75) is 10.9 Å². The Balaban J connectivity index is 1.84. The van der Waals surface area contributed by atoms with E-state index in [1.165, 1.54) is 16.4 Å². The van der Waals surface area contributed by atoms with Gasteiger partial charge in [0.1, 0.15) is 0 Å². The predicted octanol–water partition coefficient (Wildman–Crippen LogP) is 4.13. The van der Waals surface area contributed by atoms with Gasteiger partial charge in [-0.15, -0.1) is 10.2 Å². The molecule has 5 nitrogen and oxygen atoms in total. The fourth-order valence-electron chi connectivity index (χ4n) is 2.13. The normalized spacial score (nSPS) is 10.5. The topological polar surface area (TPSA) is 80.5 Å². The second kappa shape index (κ2) is 7.14. The van der Waals surface area contributed by atoms with Crippen LogP contribution in [-0.2, 0) is 5.75 Å². The van der Waals surface area contributed by atoms with Crippen molar-refractivity contribution in [3.8, 4) is 17.5 Å². The third kappa shape index (κ3) is 3.34. The van der Waals surface area contributed by atoms with Crippen LogP contribution in [0.3, 0.4) is 0 Å². The molecular formula is C16H11Cl2N5S. The number of thioether (sulfide) groups is 1. The third-order valence-corrected chi connectivity index (χ3v) is 4.87. The molecule has 0 amide bonds. The first-order chi connectivity index (χ1) is 11.6. The first-order valence-electron chi connectivity index (χ1n) is 6.87. The van der Waals surface area contributed by atoms with Crippen LogP contribution in [0.5, 0.6) is 0 Å². The van der Waals surface area contributed by atoms with Gasteiger partial charge < -0.3 is 5.84 Å². The van der Waals surface area contributed by atoms with Gasteiger partial charge in [-0.2, -0.15) is 5.26 Å². The van der Waals surface area contributed by atoms with Crippen molar-refractivity contribution in [1.29, 1.82) is 5.26 Å². The van der Waals surface area contributed by atoms with Gasteiger partial charge in [0.15, 0.2) is 5.82 Å². The molecule has 0 spiro atoms. The summed E-state index contributed by atoms with van der Waals surface area (Å²) >= 11 is 13.5. The van der Waals surface area contributed by atoms with E-state index in [4.69, 9.17) is 34.3 Å². The number of rotatable bonds is 4. The molecule has 3 rings (SSSR count). The quantitative estimate of drug-likeness (QED) is 0.547. The number of nitrogens with two attached hydrogens (primary N) is 1. The molecule has 0 radical (unpaired) electrons. The summed E-state index contributed by atoms with van der Waals surface area (Å²) in [6.07, 6.45) is 0. The summed E-state index contributed by atoms with van der Waals surface area (Å²) in [6.45, 7) is 0. The molecule has 8 heteroatoms. The summed E-state index contributed by atoms with van der Waals surface area (Å²) in [5.41, 5.74) is 2.20. The lowest BCUT2D eigenvalue weighted by Crippen LogP contribution is -2.11. The number of nitriles is 1. The number of hydrogen-bond acceptors (Lipinski definition) is 5. The van der Waals surface area contributed by atoms with Crippen LogP contribution in [0.2, 0.25) is 10.0 Å². The minimum atomic E-state index is 0.452. The van der Waals surface area contributed by atoms with Crippen molar-refractivity contribution < 1.29 is 0 Å². The molecule has 0 fully saturated rings. The van der Waals surface area contributed by atoms with Gasteiger partial charge in [-0.3, -0.25) is 0 Å². The maximum absolute atomic E-state index is 9.13. The maximum Gasteiger partial charge on any atom is 0.210 e. The van der Waals surface area contributed by atoms with E-state index in [-0.39, 0.29) is 0 Å². The SMILES string of the molecule is N#Cc1ccccc1CSc1nnc(-c2ccc(Cl)cc2Cl)n1N. The van der Waals surface area contributed by atoms with Crippen molar-refractivity contribution in [1.82, 2.24) is 14.9 Å². The van der Waals surface area contributed by atoms with E-state index in [0.29, 0.717) is 37.9 Å². The Morgan fingerprint density at radius 3 is 2.71 bits per heavy atom. The fraction of sp³-hybridized carbons (Fsp3) is 0.0625. The lowest BCUT2D eigenvalue weighted by Gasteiger charge is -2.06. The van der Waals surface area contributed by atoms with Crippen LogP contribution in [0.1, 0.15) is 11.1 Å². The zero-order valence-electron chi connectivity index (χ0n) is 12.3. The minimum absolute atomic E-state index is 0.452. The van der Waals surface area contributed by atoms with Crippen molar-refractivity contribution in [2.75, 3.05) is 5.84 Å². The number of nitrogens with zero attached hydrogens (tertiary/aromatic N) is 4. The van der Waals surface area contributed by atoms with Crippen LogP contribution in [0, 0.1) is 11.3 Å². The number of halogens is 2. The average Bonchev–Trinajstić information content (AvgIpc) is 2.94. The molecule has 24 heavy (non-hydrogen) atoms. The molecule has 0 aliphatic rings. The molecule has 0 aliphatic carbocycles. The molecular weight excluding hydrogens is 365 g/mol. The number of aromatic nitrogens is 3. The second-order valence-electron chi connectivity index (χ2n) is 4.86. The summed E-state index contributed by atoms with van der Waals surface area (Å²) in [5.74, 6) is 7.11. The van der Waals surface area contributed by atoms with Gasteiger partial charge in [-0.1, -0.05) is 53.2 Å². The highest BCUT2D eigenvalue weighted by Gasteiger charge is 2.15. The number of hydrogen-bond donors (Lipinski definition) is 1. The first-order valence-corrected chi connectivity index (χ1v) is 8.61. The number of nitrogen functional groups attached to an aromatic ring is 1. The summed E-state index contributed by atoms with van der Waals surface area (Å²) in [6, 6.07) is 14.7. The molecule has 2 aromatic carbocycles. The Morgan fingerprint density at radius 1 is 1.17 bits per heavy atom. The summed E-state index contributed by atoms with van der Waals surface area (Å²) in [5, 5.41) is 18.9. The average molecular weight is 376 g/mol. The Labute approximate surface area is 153 Å². The Kier molecular flexibility index (Phi) is 4.95. The first kappa shape index (κ1) is 16.7. The highest BCUT2D eigenvalue weighted by atomic mass is 35.5. The van der Waals surface area contributed by atoms with Crippen molar-refractivity contribution in [3.05, 3.63) is 63.6 Å². The molecule has 0 aliphatic heterocycles. The summed E-state index contributed by atoms with van der Waals surface area (Å²) in [4.78, 5) is 0. The maximum atomic E-state index is 9.13. The Bertz CT molecular complexity index is 932. The highest BCUT2D eigenvalue weighted by molar-refractivity contribution is 7.98. The molecule has 2 N–H and O–H groups in total. The van der Waals surface area contributed by atoms with Crippen LogP contribution < -0.4 is 5.84 Å². The molecule has 0 unspecified atom stereocenters. The van der Waals surface area contributed by atoms with Crippen LogP contribution in [0.4, 0.5) is 0 Å². The second-order valence-corrected chi connectivity index (χ2v) is 6.64. The molecule has 0 bridgehead atoms. The number of benzene rings is 2. The van der Waals surface area contributed by atoms with E-state index in [1.54, 1.807) is 24.3 Å². The van der Waals surface area contributed by atoms with Gasteiger partial charge in [-0.25, -0.2) is 4.68 Å². The van der Waals surface area contributed by atoms with E-state index in [1.807, 2.05) is 18.2 Å². The van der Waals surface area contributed by atoms with Crippen molar-refractivity contribution >= 4 is 35.0 Å². The minimum Gasteiger partial charge on any atom is -0.335 e. The third-order valence-electron chi connectivity index (χ3n) is 3.33. The monoisotopic (exact) mass is 375 g/mol. The zero-order chi connectivity index (χ0) is 17.1. The summed E-state index contributed by atoms with van der Waals surface area (Å²) in [7, 11) is 0. The standard InChI is InChI=1S/C16H11Cl2N5S/c17-12-5-6-13(14(18)7-12)15-21-22-16(23(15)20)24-9-11-4-2-1-3-10(11)8-19/h1-7H,9,20H2. The molecule has 120 valence electrons. The Morgan fingerprint density at radius 2 is 1.96 bits per heavy atom. The van der Waals surface area contributed by atoms with Gasteiger partial charge in [0.25, 0.3) is 0 Å². The molecule has 1 heterocycles. The van der Waals surface area contributed by atoms with E-state index in [2.05, 4.69) is 16.3 Å². The lowest BCUT2D eigenvalue weighted by molar-refractivity contribution is 0.849. The van der Waals surface area contributed by atoms with E-state index in [0.717, 1.165) is 5.56 Å². The highest BCUT2D eigenvalue weighted by Crippen LogP contribution is 2.31. The van der Waals surface area contributed by atoms with E-state index >= 15 is 0 Å². The van der Waals surface area contributed by atoms with Gasteiger partial charge >= 0.3 is 0 Å². The van der Waals surface area contributed by atoms with Crippen LogP contribution in [0.25, 0.3) is 11.4 Å². The molecule has 3 aromatic rings. The lowest BCUT2D eigenvalue weighted by atomic mass is 10.1. The van der Waals surface area contributed by atoms with Gasteiger partial charge in [0.2, 0.25) is 5.16 Å². The van der Waals surface area contributed by atoms with Gasteiger partial charge in [-0.05, 0) is 29.8 Å². The van der Waals surface area contributed by atoms with E-state index < -0.39 is 0 Å². The van der Waals surface area contributed by atoms with Crippen LogP contribution >= 0.6 is 35.0 Å². The largest absolute Gasteiger partial charge is 0.335 e. The van der Waals surface area contributed by atoms with Crippen LogP contribution in [0.15, 0.2) is 47.6 Å². The molecule has 0 saturated carbocycles. The predicted molar refractivity (Wildman–Crippen MR) is 96.3 cm³/mol. The fourth-order valence-corrected chi connectivity index (χ4v) is 3.48. The van der Waals surface area contributed by atoms with Crippen molar-refractivity contribution in [2.24, 2.45) is 0 Å². The van der Waals surface area contributed by atoms with Crippen molar-refractivity contribution in [3.63, 3.8) is 0 Å². The zero-order valence-corrected chi connectivity index (χ0v) is 14.6. The molecule has 0 atom stereocenters. The summed E-state index contributed by atoms with van der Waals surface area (Å²) < 4.78 is 1.38. The van der Waals surface area contributed by atoms with Gasteiger partial charge in [0.05, 0.1) is 16.7 Å². The smallest absolute Gasteiger partial charge is 0.210 e. The van der Waals surface area contributed by atoms with Crippen LogP contribution in [-0.4, -0.2) is 14.9 Å². The Hall–Kier alpha value is -2.20. The molecule has 0 saturated heterocycles. The van der Waals surface area contributed by atoms with E-state index in [9.17, 15) is 0 Å².